The van der Waals surface area contributed by atoms with Gasteiger partial charge in [0, 0.05) is 28.5 Å². The quantitative estimate of drug-likeness (QED) is 0.316. The standard InChI is InChI=1S/C24H19Cl2N3OS/c1-12-4-3-5-14-8-17-21-15(11-31-23(17)27-22(12)14)10-30-24-20(21)13(2)28-29(24)16-6-7-18(25)19(26)9-16/h3-9,15,21H,10-11H2,1-2H3/t15-,21-/m1/s1. The summed E-state index contributed by atoms with van der Waals surface area (Å²) in [6.45, 7) is 4.83. The van der Waals surface area contributed by atoms with Gasteiger partial charge in [-0.2, -0.15) is 5.10 Å². The SMILES string of the molecule is Cc1nn(-c2ccc(Cl)c(Cl)c2)c2c1[C@H]1c3cc4cccc(C)c4nc3SC[C@H]1CO2. The molecule has 0 saturated carbocycles. The zero-order chi connectivity index (χ0) is 21.3. The predicted octanol–water partition coefficient (Wildman–Crippen LogP) is 6.59. The van der Waals surface area contributed by atoms with Gasteiger partial charge in [-0.25, -0.2) is 9.67 Å². The minimum atomic E-state index is 0.217. The van der Waals surface area contributed by atoms with E-state index in [4.69, 9.17) is 38.0 Å². The Balaban J connectivity index is 1.55. The van der Waals surface area contributed by atoms with E-state index in [0.29, 0.717) is 22.6 Å². The summed E-state index contributed by atoms with van der Waals surface area (Å²) in [6.07, 6.45) is 0. The van der Waals surface area contributed by atoms with E-state index in [1.54, 1.807) is 6.07 Å². The van der Waals surface area contributed by atoms with Crippen molar-refractivity contribution in [1.82, 2.24) is 14.8 Å². The first-order chi connectivity index (χ1) is 15.0. The van der Waals surface area contributed by atoms with Gasteiger partial charge in [0.25, 0.3) is 0 Å². The van der Waals surface area contributed by atoms with Crippen LogP contribution in [-0.4, -0.2) is 27.1 Å². The Labute approximate surface area is 194 Å². The van der Waals surface area contributed by atoms with Gasteiger partial charge in [0.2, 0.25) is 5.88 Å². The summed E-state index contributed by atoms with van der Waals surface area (Å²) < 4.78 is 8.13. The van der Waals surface area contributed by atoms with E-state index in [-0.39, 0.29) is 5.92 Å². The van der Waals surface area contributed by atoms with Crippen molar-refractivity contribution in [2.24, 2.45) is 5.92 Å². The molecule has 0 radical (unpaired) electrons. The number of hydrogen-bond acceptors (Lipinski definition) is 4. The van der Waals surface area contributed by atoms with Crippen LogP contribution in [0.3, 0.4) is 0 Å². The number of thioether (sulfide) groups is 1. The molecule has 0 N–H and O–H groups in total. The lowest BCUT2D eigenvalue weighted by atomic mass is 9.80. The van der Waals surface area contributed by atoms with Crippen LogP contribution in [0, 0.1) is 19.8 Å². The minimum Gasteiger partial charge on any atom is -0.477 e. The highest BCUT2D eigenvalue weighted by Gasteiger charge is 2.41. The van der Waals surface area contributed by atoms with E-state index in [1.807, 2.05) is 28.6 Å². The number of aryl methyl sites for hydroxylation is 2. The average Bonchev–Trinajstić information content (AvgIpc) is 3.11. The minimum absolute atomic E-state index is 0.217. The first kappa shape index (κ1) is 19.5. The number of fused-ring (bicyclic) bond motifs is 6. The first-order valence-electron chi connectivity index (χ1n) is 10.2. The maximum Gasteiger partial charge on any atom is 0.220 e. The van der Waals surface area contributed by atoms with Crippen LogP contribution in [-0.2, 0) is 0 Å². The molecule has 2 aromatic carbocycles. The van der Waals surface area contributed by atoms with Crippen molar-refractivity contribution in [3.63, 3.8) is 0 Å². The highest BCUT2D eigenvalue weighted by atomic mass is 35.5. The van der Waals surface area contributed by atoms with Gasteiger partial charge in [0.05, 0.1) is 33.6 Å². The highest BCUT2D eigenvalue weighted by Crippen LogP contribution is 2.51. The fourth-order valence-corrected chi connectivity index (χ4v) is 6.21. The number of aromatic nitrogens is 3. The molecule has 6 rings (SSSR count). The molecule has 0 unspecified atom stereocenters. The molecule has 0 fully saturated rings. The maximum absolute atomic E-state index is 6.28. The monoisotopic (exact) mass is 467 g/mol. The lowest BCUT2D eigenvalue weighted by Gasteiger charge is -2.36. The third kappa shape index (κ3) is 2.98. The van der Waals surface area contributed by atoms with Gasteiger partial charge in [-0.05, 0) is 49.2 Å². The van der Waals surface area contributed by atoms with Crippen molar-refractivity contribution in [3.05, 3.63) is 74.9 Å². The van der Waals surface area contributed by atoms with E-state index in [9.17, 15) is 0 Å². The molecule has 31 heavy (non-hydrogen) atoms. The third-order valence-electron chi connectivity index (χ3n) is 6.24. The Morgan fingerprint density at radius 3 is 2.81 bits per heavy atom. The zero-order valence-corrected chi connectivity index (χ0v) is 19.4. The smallest absolute Gasteiger partial charge is 0.220 e. The van der Waals surface area contributed by atoms with Crippen molar-refractivity contribution < 1.29 is 4.74 Å². The van der Waals surface area contributed by atoms with E-state index in [0.717, 1.165) is 39.1 Å². The van der Waals surface area contributed by atoms with Gasteiger partial charge in [-0.15, -0.1) is 11.8 Å². The zero-order valence-electron chi connectivity index (χ0n) is 17.0. The maximum atomic E-state index is 6.28. The molecule has 2 atom stereocenters. The Hall–Kier alpha value is -2.21. The fourth-order valence-electron chi connectivity index (χ4n) is 4.75. The van der Waals surface area contributed by atoms with Crippen molar-refractivity contribution in [1.29, 1.82) is 0 Å². The highest BCUT2D eigenvalue weighted by molar-refractivity contribution is 7.99. The number of pyridine rings is 1. The number of rotatable bonds is 1. The molecule has 0 aliphatic carbocycles. The fraction of sp³-hybridized carbons (Fsp3) is 0.250. The van der Waals surface area contributed by atoms with Crippen LogP contribution in [0.2, 0.25) is 10.0 Å². The van der Waals surface area contributed by atoms with Gasteiger partial charge in [-0.1, -0.05) is 41.4 Å². The molecule has 7 heteroatoms. The van der Waals surface area contributed by atoms with Crippen LogP contribution >= 0.6 is 35.0 Å². The average molecular weight is 468 g/mol. The number of halogens is 2. The van der Waals surface area contributed by atoms with Crippen LogP contribution < -0.4 is 4.74 Å². The summed E-state index contributed by atoms with van der Waals surface area (Å²) in [7, 11) is 0. The molecule has 0 amide bonds. The second kappa shape index (κ2) is 7.16. The number of para-hydroxylation sites is 1. The molecule has 0 bridgehead atoms. The van der Waals surface area contributed by atoms with Gasteiger partial charge in [0.1, 0.15) is 5.03 Å². The van der Waals surface area contributed by atoms with Crippen molar-refractivity contribution in [2.75, 3.05) is 12.4 Å². The van der Waals surface area contributed by atoms with Crippen LogP contribution in [0.25, 0.3) is 16.6 Å². The van der Waals surface area contributed by atoms with E-state index < -0.39 is 0 Å². The van der Waals surface area contributed by atoms with E-state index >= 15 is 0 Å². The lowest BCUT2D eigenvalue weighted by molar-refractivity contribution is 0.205. The molecule has 4 heterocycles. The van der Waals surface area contributed by atoms with Crippen LogP contribution in [0.15, 0.2) is 47.5 Å². The van der Waals surface area contributed by atoms with Gasteiger partial charge >= 0.3 is 0 Å². The molecule has 2 aliphatic heterocycles. The summed E-state index contributed by atoms with van der Waals surface area (Å²) in [4.78, 5) is 5.06. The molecule has 0 spiro atoms. The molecule has 2 aliphatic rings. The summed E-state index contributed by atoms with van der Waals surface area (Å²) in [5, 5.41) is 8.17. The Morgan fingerprint density at radius 1 is 1.10 bits per heavy atom. The van der Waals surface area contributed by atoms with Gasteiger partial charge in [0.15, 0.2) is 0 Å². The summed E-state index contributed by atoms with van der Waals surface area (Å²) in [5.41, 5.74) is 6.54. The second-order valence-corrected chi connectivity index (χ2v) is 10.0. The second-order valence-electron chi connectivity index (χ2n) is 8.20. The van der Waals surface area contributed by atoms with Crippen LogP contribution in [0.4, 0.5) is 0 Å². The van der Waals surface area contributed by atoms with E-state index in [2.05, 4.69) is 38.1 Å². The van der Waals surface area contributed by atoms with Crippen molar-refractivity contribution in [2.45, 2.75) is 24.8 Å². The first-order valence-corrected chi connectivity index (χ1v) is 12.0. The Kier molecular flexibility index (Phi) is 4.50. The molecule has 156 valence electrons. The largest absolute Gasteiger partial charge is 0.477 e. The lowest BCUT2D eigenvalue weighted by Crippen LogP contribution is -2.32. The van der Waals surface area contributed by atoms with Crippen LogP contribution in [0.1, 0.15) is 28.3 Å². The number of ether oxygens (including phenoxy) is 1. The summed E-state index contributed by atoms with van der Waals surface area (Å²) in [5.74, 6) is 2.38. The van der Waals surface area contributed by atoms with Gasteiger partial charge in [-0.3, -0.25) is 0 Å². The molecule has 4 nitrogen and oxygen atoms in total. The molecule has 4 aromatic rings. The number of benzene rings is 2. The Morgan fingerprint density at radius 2 is 1.97 bits per heavy atom. The van der Waals surface area contributed by atoms with Crippen molar-refractivity contribution >= 4 is 45.9 Å². The molecular formula is C24H19Cl2N3OS. The number of hydrogen-bond donors (Lipinski definition) is 0. The van der Waals surface area contributed by atoms with Crippen LogP contribution in [0.5, 0.6) is 5.88 Å². The van der Waals surface area contributed by atoms with Crippen molar-refractivity contribution in [3.8, 4) is 11.6 Å². The topological polar surface area (TPSA) is 39.9 Å². The molecule has 2 aromatic heterocycles. The molecule has 0 saturated heterocycles. The third-order valence-corrected chi connectivity index (χ3v) is 8.17. The normalized spacial score (nSPS) is 19.5. The number of nitrogens with zero attached hydrogens (tertiary/aromatic N) is 3. The summed E-state index contributed by atoms with van der Waals surface area (Å²) in [6, 6.07) is 14.2. The van der Waals surface area contributed by atoms with Gasteiger partial charge < -0.3 is 4.74 Å². The summed E-state index contributed by atoms with van der Waals surface area (Å²) >= 11 is 14.2. The molecular weight excluding hydrogens is 449 g/mol. The Bertz CT molecular complexity index is 1370. The predicted molar refractivity (Wildman–Crippen MR) is 126 cm³/mol. The van der Waals surface area contributed by atoms with E-state index in [1.165, 1.54) is 16.5 Å².